The zero-order valence-electron chi connectivity index (χ0n) is 53.1. The second-order valence-electron chi connectivity index (χ2n) is 24.0. The SMILES string of the molecule is CB(C)CCCNC(=O)C1=C[B]C(C2=C[B]C(CCNC(=O)[C@@H](CC(=O)[C@@H](C)C(O)[C@@H](C)NC(=O)[C@@H](NC(=O)c3nc([C@@H](CC[C@H](N)C(N)=O)CC(N)=O)nc(N)c3C)[C@@H](OC3OC(O)C(O)C(O)C3OC3OC(CO)C(O)C(OC(N)=O)C3O)c3cnc[nH]3)[C@@H](C)O)=N2)=N1. The van der Waals surface area contributed by atoms with Crippen LogP contribution in [0.3, 0.4) is 0 Å². The van der Waals surface area contributed by atoms with E-state index in [1.807, 2.05) is 0 Å². The molecule has 7 amide bonds. The third kappa shape index (κ3) is 20.4. The van der Waals surface area contributed by atoms with Crippen LogP contribution in [0.4, 0.5) is 10.6 Å². The molecule has 2 radical (unpaired) electrons. The monoisotopic (exact) mass is 1340 g/mol. The Balaban J connectivity index is 1.24. The molecule has 2 aromatic rings. The minimum Gasteiger partial charge on any atom is -0.441 e. The number of H-pyrrole nitrogens is 1. The maximum atomic E-state index is 15.1. The number of aromatic nitrogens is 4. The number of nitrogens with zero attached hydrogens (tertiary/aromatic N) is 5. The van der Waals surface area contributed by atoms with E-state index in [0.29, 0.717) is 30.2 Å². The molecule has 39 heteroatoms. The van der Waals surface area contributed by atoms with Crippen molar-refractivity contribution in [2.75, 3.05) is 25.4 Å². The Kier molecular flexibility index (Phi) is 28.0. The number of ketones is 1. The lowest BCUT2D eigenvalue weighted by Crippen LogP contribution is -2.65. The van der Waals surface area contributed by atoms with Gasteiger partial charge < -0.3 is 119 Å². The summed E-state index contributed by atoms with van der Waals surface area (Å²) in [5, 5.41) is 98.6. The summed E-state index contributed by atoms with van der Waals surface area (Å²) in [5.41, 5.74) is 29.2. The zero-order chi connectivity index (χ0) is 70.3. The van der Waals surface area contributed by atoms with Crippen LogP contribution in [0.2, 0.25) is 20.0 Å². The van der Waals surface area contributed by atoms with E-state index >= 15 is 4.79 Å². The first kappa shape index (κ1) is 76.4. The summed E-state index contributed by atoms with van der Waals surface area (Å²) in [6.45, 7) is 9.44. The third-order valence-corrected chi connectivity index (χ3v) is 16.3. The molecule has 6 heterocycles. The molecule has 2 aromatic heterocycles. The maximum absolute atomic E-state index is 15.1. The molecule has 0 saturated carbocycles. The van der Waals surface area contributed by atoms with Gasteiger partial charge in [-0.2, -0.15) is 0 Å². The van der Waals surface area contributed by atoms with Gasteiger partial charge in [0.25, 0.3) is 11.8 Å². The molecule has 0 aliphatic carbocycles. The normalized spacial score (nSPS) is 25.3. The number of carbonyl (C=O) groups is 8. The average molecular weight is 1340 g/mol. The number of amides is 7. The maximum Gasteiger partial charge on any atom is 0.404 e. The van der Waals surface area contributed by atoms with Crippen LogP contribution in [0.1, 0.15) is 98.9 Å². The van der Waals surface area contributed by atoms with Crippen LogP contribution >= 0.6 is 0 Å². The first-order valence-corrected chi connectivity index (χ1v) is 30.7. The Morgan fingerprint density at radius 1 is 0.821 bits per heavy atom. The first-order chi connectivity index (χ1) is 44.8. The van der Waals surface area contributed by atoms with E-state index in [1.54, 1.807) is 26.5 Å². The lowest BCUT2D eigenvalue weighted by molar-refractivity contribution is -0.390. The van der Waals surface area contributed by atoms with Crippen molar-refractivity contribution in [2.45, 2.75) is 190 Å². The number of nitrogens with two attached hydrogens (primary N) is 5. The van der Waals surface area contributed by atoms with Crippen molar-refractivity contribution in [1.29, 1.82) is 0 Å². The number of allylic oxidation sites excluding steroid dienone is 1. The quantitative estimate of drug-likeness (QED) is 0.0225. The van der Waals surface area contributed by atoms with E-state index in [4.69, 9.17) is 52.4 Å². The molecule has 518 valence electrons. The van der Waals surface area contributed by atoms with E-state index in [-0.39, 0.29) is 60.3 Å². The van der Waals surface area contributed by atoms with Gasteiger partial charge in [-0.05, 0) is 52.1 Å². The van der Waals surface area contributed by atoms with Gasteiger partial charge in [-0.15, -0.1) is 0 Å². The highest BCUT2D eigenvalue weighted by atomic mass is 16.8. The number of ether oxygens (including phenoxy) is 5. The van der Waals surface area contributed by atoms with Crippen LogP contribution in [0.25, 0.3) is 0 Å². The number of primary amides is 3. The molecule has 23 N–H and O–H groups in total. The lowest BCUT2D eigenvalue weighted by atomic mass is 9.51. The lowest BCUT2D eigenvalue weighted by Gasteiger charge is -2.46. The highest BCUT2D eigenvalue weighted by Crippen LogP contribution is 2.35. The Hall–Kier alpha value is -7.66. The van der Waals surface area contributed by atoms with Gasteiger partial charge in [0.05, 0.1) is 60.7 Å². The number of nitrogen functional groups attached to an aromatic ring is 1. The van der Waals surface area contributed by atoms with Gasteiger partial charge in [0.1, 0.15) is 84.3 Å². The number of aliphatic hydroxyl groups is 8. The molecule has 95 heavy (non-hydrogen) atoms. The van der Waals surface area contributed by atoms with Crippen molar-refractivity contribution in [3.8, 4) is 0 Å². The summed E-state index contributed by atoms with van der Waals surface area (Å²) in [4.78, 5) is 131. The largest absolute Gasteiger partial charge is 0.441 e. The molecule has 0 spiro atoms. The Morgan fingerprint density at radius 2 is 1.54 bits per heavy atom. The molecule has 0 bridgehead atoms. The fraction of sp³-hybridized carbons (Fsp3) is 0.625. The number of anilines is 1. The van der Waals surface area contributed by atoms with Crippen molar-refractivity contribution in [2.24, 2.45) is 44.8 Å². The number of imidazole rings is 1. The van der Waals surface area contributed by atoms with E-state index < -0.39 is 182 Å². The first-order valence-electron chi connectivity index (χ1n) is 30.7. The Bertz CT molecular complexity index is 3180. The average Bonchev–Trinajstić information content (AvgIpc) is 1.39. The number of hydrogen-bond donors (Lipinski definition) is 18. The van der Waals surface area contributed by atoms with Crippen molar-refractivity contribution in [3.63, 3.8) is 0 Å². The Labute approximate surface area is 547 Å². The van der Waals surface area contributed by atoms with Crippen LogP contribution in [0, 0.1) is 18.8 Å². The summed E-state index contributed by atoms with van der Waals surface area (Å²) in [6.07, 6.45) is -24.8. The van der Waals surface area contributed by atoms with Crippen LogP contribution in [0.15, 0.2) is 45.9 Å². The summed E-state index contributed by atoms with van der Waals surface area (Å²) >= 11 is 0. The molecule has 4 aliphatic heterocycles. The van der Waals surface area contributed by atoms with Gasteiger partial charge in [-0.1, -0.05) is 38.8 Å². The molecular formula is C56H84B3N15O21. The smallest absolute Gasteiger partial charge is 0.404 e. The van der Waals surface area contributed by atoms with E-state index in [0.717, 1.165) is 25.3 Å². The van der Waals surface area contributed by atoms with Crippen molar-refractivity contribution in [3.05, 3.63) is 58.6 Å². The van der Waals surface area contributed by atoms with Crippen LogP contribution < -0.4 is 49.9 Å². The molecule has 2 saturated heterocycles. The predicted octanol–water partition coefficient (Wildman–Crippen LogP) is -6.68. The molecule has 11 unspecified atom stereocenters. The molecule has 36 nitrogen and oxygen atoms in total. The Morgan fingerprint density at radius 3 is 2.17 bits per heavy atom. The summed E-state index contributed by atoms with van der Waals surface area (Å²) < 4.78 is 28.2. The van der Waals surface area contributed by atoms with Crippen LogP contribution in [-0.4, -0.2) is 252 Å². The minimum absolute atomic E-state index is 0.0220. The van der Waals surface area contributed by atoms with Crippen molar-refractivity contribution in [1.82, 2.24) is 41.2 Å². The standard InChI is InChI=1S/C56H84B3N15O21/c1-21(31(77)15-26(24(4)76)49(85)67-13-10-33-57-16-28(70-33)45-58-17-29(71-45)50(86)66-12-7-11-59(5)6)37(79)23(3)69-52(88)36(73-51(87)35-22(2)46(62)74-48(72-35)25(14-34(61)78)8-9-27(60)47(63)84)42(30-18-65-20-68-30)92-55-44(39(81)40(82)53(89)95-55)93-54-41(83)43(94-56(64)90)38(80)32(19-75)91-54/h16-18,20-21,23-27,32,36-44,53-55,75-76,79-83,89H,7-15,19,60H2,1-6H3,(H2,61,78)(H2,63,84)(H2,64,90)(H,65,68)(H,66,86)(H,67,85)(H,69,88)(H,73,87)(H2,62,72,74)/t21-,23-,24-,25+,26+,27+,32?,36+,37?,38?,39?,40?,41?,42+,43?,44?,53?,54?,55?/m1/s1. The fourth-order valence-corrected chi connectivity index (χ4v) is 10.6. The topological polar surface area (TPSA) is 602 Å². The number of hydrogen-bond acceptors (Lipinski definition) is 28. The molecule has 19 atom stereocenters. The summed E-state index contributed by atoms with van der Waals surface area (Å²) in [6, 6.07) is -4.82. The van der Waals surface area contributed by atoms with Gasteiger partial charge in [-0.3, -0.25) is 43.5 Å². The van der Waals surface area contributed by atoms with Gasteiger partial charge >= 0.3 is 6.09 Å². The molecule has 0 aromatic carbocycles. The minimum atomic E-state index is -2.33. The number of Topliss-reactive ketones (excluding diaryl/α,β-unsaturated/α-hetero) is 1. The van der Waals surface area contributed by atoms with Gasteiger partial charge in [0, 0.05) is 48.9 Å². The molecule has 2 fully saturated rings. The van der Waals surface area contributed by atoms with Gasteiger partial charge in [0.2, 0.25) is 38.2 Å². The predicted molar refractivity (Wildman–Crippen MR) is 335 cm³/mol. The number of aliphatic hydroxyl groups excluding tert-OH is 8. The van der Waals surface area contributed by atoms with E-state index in [9.17, 15) is 74.4 Å². The van der Waals surface area contributed by atoms with Crippen molar-refractivity contribution >= 4 is 85.6 Å². The second-order valence-corrected chi connectivity index (χ2v) is 24.0. The summed E-state index contributed by atoms with van der Waals surface area (Å²) in [5.74, 6) is -6.98. The van der Waals surface area contributed by atoms with Gasteiger partial charge in [0.15, 0.2) is 25.0 Å². The molecule has 6 rings (SSSR count). The zero-order valence-corrected chi connectivity index (χ0v) is 53.1. The number of nitrogens with one attached hydrogen (secondary N) is 5. The highest BCUT2D eigenvalue weighted by molar-refractivity contribution is 6.87. The number of carbonyl (C=O) groups excluding carboxylic acids is 8. The number of rotatable bonds is 35. The van der Waals surface area contributed by atoms with Gasteiger partial charge in [-0.25, -0.2) is 19.7 Å². The molecule has 4 aliphatic rings. The second kappa shape index (κ2) is 34.8. The van der Waals surface area contributed by atoms with E-state index in [1.165, 1.54) is 27.7 Å². The molecular weight excluding hydrogens is 1250 g/mol. The fourth-order valence-electron chi connectivity index (χ4n) is 10.6. The number of aromatic amines is 1. The van der Waals surface area contributed by atoms with Crippen LogP contribution in [-0.2, 0) is 52.5 Å². The third-order valence-electron chi connectivity index (χ3n) is 16.3. The van der Waals surface area contributed by atoms with E-state index in [2.05, 4.69) is 64.8 Å². The highest BCUT2D eigenvalue weighted by Gasteiger charge is 2.54. The van der Waals surface area contributed by atoms with Crippen molar-refractivity contribution < 1.29 is 103 Å². The van der Waals surface area contributed by atoms with Crippen LogP contribution in [0.5, 0.6) is 0 Å². The number of aliphatic imine (C=N–C) groups is 2. The summed E-state index contributed by atoms with van der Waals surface area (Å²) in [7, 11) is 3.39.